The van der Waals surface area contributed by atoms with Crippen molar-refractivity contribution >= 4 is 5.91 Å². The van der Waals surface area contributed by atoms with Gasteiger partial charge in [0.25, 0.3) is 0 Å². The van der Waals surface area contributed by atoms with Gasteiger partial charge in [-0.2, -0.15) is 0 Å². The Bertz CT molecular complexity index is 500. The van der Waals surface area contributed by atoms with E-state index in [0.29, 0.717) is 13.1 Å². The van der Waals surface area contributed by atoms with Crippen LogP contribution in [0.1, 0.15) is 36.8 Å². The van der Waals surface area contributed by atoms with Gasteiger partial charge in [-0.1, -0.05) is 42.7 Å². The number of carbonyl (C=O) groups excluding carboxylic acids is 1. The highest BCUT2D eigenvalue weighted by Crippen LogP contribution is 2.24. The fraction of sp³-hybridized carbons (Fsp3) is 0.632. The minimum atomic E-state index is 0.139. The van der Waals surface area contributed by atoms with Gasteiger partial charge in [0, 0.05) is 38.8 Å². The molecule has 1 aliphatic carbocycles. The number of nitrogens with one attached hydrogen (secondary N) is 1. The quantitative estimate of drug-likeness (QED) is 0.904. The highest BCUT2D eigenvalue weighted by atomic mass is 16.2. The van der Waals surface area contributed by atoms with Gasteiger partial charge in [0.1, 0.15) is 0 Å². The van der Waals surface area contributed by atoms with E-state index in [9.17, 15) is 4.79 Å². The largest absolute Gasteiger partial charge is 0.351 e. The first-order valence-corrected chi connectivity index (χ1v) is 8.99. The van der Waals surface area contributed by atoms with E-state index < -0.39 is 0 Å². The lowest BCUT2D eigenvalue weighted by atomic mass is 10.1. The standard InChI is InChI=1S/C19H29N3O/c1-16-6-8-17(9-7-16)14-20-19(23)15-21-10-12-22(13-11-21)18-4-2-3-5-18/h6-9,18H,2-5,10-15H2,1H3,(H,20,23). The molecule has 1 saturated heterocycles. The van der Waals surface area contributed by atoms with Crippen LogP contribution in [0.2, 0.25) is 0 Å². The molecule has 23 heavy (non-hydrogen) atoms. The number of piperazine rings is 1. The summed E-state index contributed by atoms with van der Waals surface area (Å²) in [5.74, 6) is 0.139. The van der Waals surface area contributed by atoms with E-state index in [-0.39, 0.29) is 5.91 Å². The molecule has 126 valence electrons. The molecule has 1 amide bonds. The summed E-state index contributed by atoms with van der Waals surface area (Å²) in [7, 11) is 0. The van der Waals surface area contributed by atoms with Crippen molar-refractivity contribution in [1.82, 2.24) is 15.1 Å². The van der Waals surface area contributed by atoms with Crippen LogP contribution in [0, 0.1) is 6.92 Å². The van der Waals surface area contributed by atoms with Gasteiger partial charge in [-0.25, -0.2) is 0 Å². The normalized spacial score (nSPS) is 20.7. The lowest BCUT2D eigenvalue weighted by Crippen LogP contribution is -2.51. The van der Waals surface area contributed by atoms with Gasteiger partial charge < -0.3 is 5.32 Å². The van der Waals surface area contributed by atoms with E-state index in [2.05, 4.69) is 46.3 Å². The van der Waals surface area contributed by atoms with Gasteiger partial charge in [0.15, 0.2) is 0 Å². The molecule has 0 unspecified atom stereocenters. The summed E-state index contributed by atoms with van der Waals surface area (Å²) in [5, 5.41) is 3.04. The maximum Gasteiger partial charge on any atom is 0.234 e. The number of carbonyl (C=O) groups is 1. The first kappa shape index (κ1) is 16.5. The number of aryl methyl sites for hydroxylation is 1. The summed E-state index contributed by atoms with van der Waals surface area (Å²) in [4.78, 5) is 17.0. The first-order chi connectivity index (χ1) is 11.2. The third-order valence-corrected chi connectivity index (χ3v) is 5.23. The Labute approximate surface area is 139 Å². The molecule has 4 nitrogen and oxygen atoms in total. The topological polar surface area (TPSA) is 35.6 Å². The number of hydrogen-bond acceptors (Lipinski definition) is 3. The molecule has 1 aromatic rings. The third-order valence-electron chi connectivity index (χ3n) is 5.23. The molecule has 1 saturated carbocycles. The zero-order valence-corrected chi connectivity index (χ0v) is 14.3. The number of nitrogens with zero attached hydrogens (tertiary/aromatic N) is 2. The minimum absolute atomic E-state index is 0.139. The average Bonchev–Trinajstić information content (AvgIpc) is 3.09. The van der Waals surface area contributed by atoms with Crippen LogP contribution in [0.4, 0.5) is 0 Å². The molecule has 1 aliphatic heterocycles. The molecule has 3 rings (SSSR count). The molecule has 2 aliphatic rings. The average molecular weight is 315 g/mol. The van der Waals surface area contributed by atoms with Crippen LogP contribution in [-0.4, -0.2) is 54.5 Å². The van der Waals surface area contributed by atoms with E-state index in [1.165, 1.54) is 31.2 Å². The number of benzene rings is 1. The second kappa shape index (κ2) is 7.93. The van der Waals surface area contributed by atoms with E-state index in [1.54, 1.807) is 0 Å². The smallest absolute Gasteiger partial charge is 0.234 e. The van der Waals surface area contributed by atoms with Crippen LogP contribution < -0.4 is 5.32 Å². The van der Waals surface area contributed by atoms with Crippen molar-refractivity contribution in [2.24, 2.45) is 0 Å². The molecule has 0 spiro atoms. The lowest BCUT2D eigenvalue weighted by Gasteiger charge is -2.37. The maximum atomic E-state index is 12.1. The number of hydrogen-bond donors (Lipinski definition) is 1. The Morgan fingerprint density at radius 1 is 1.09 bits per heavy atom. The zero-order chi connectivity index (χ0) is 16.1. The van der Waals surface area contributed by atoms with Crippen molar-refractivity contribution in [2.75, 3.05) is 32.7 Å². The second-order valence-corrected chi connectivity index (χ2v) is 7.01. The predicted molar refractivity (Wildman–Crippen MR) is 93.3 cm³/mol. The summed E-state index contributed by atoms with van der Waals surface area (Å²) in [6.07, 6.45) is 5.53. The lowest BCUT2D eigenvalue weighted by molar-refractivity contribution is -0.122. The van der Waals surface area contributed by atoms with E-state index in [1.807, 2.05) is 0 Å². The Hall–Kier alpha value is -1.39. The van der Waals surface area contributed by atoms with Crippen LogP contribution >= 0.6 is 0 Å². The number of rotatable bonds is 5. The van der Waals surface area contributed by atoms with Crippen molar-refractivity contribution < 1.29 is 4.79 Å². The zero-order valence-electron chi connectivity index (χ0n) is 14.3. The SMILES string of the molecule is Cc1ccc(CNC(=O)CN2CCN(C3CCCC3)CC2)cc1. The van der Waals surface area contributed by atoms with E-state index >= 15 is 0 Å². The molecule has 0 atom stereocenters. The van der Waals surface area contributed by atoms with Gasteiger partial charge in [-0.3, -0.25) is 14.6 Å². The molecular formula is C19H29N3O. The van der Waals surface area contributed by atoms with Crippen LogP contribution in [0.25, 0.3) is 0 Å². The van der Waals surface area contributed by atoms with Gasteiger partial charge in [-0.15, -0.1) is 0 Å². The first-order valence-electron chi connectivity index (χ1n) is 8.99. The van der Waals surface area contributed by atoms with Crippen molar-refractivity contribution in [3.05, 3.63) is 35.4 Å². The summed E-state index contributed by atoms with van der Waals surface area (Å²) < 4.78 is 0. The molecule has 0 bridgehead atoms. The van der Waals surface area contributed by atoms with Crippen molar-refractivity contribution in [3.63, 3.8) is 0 Å². The molecule has 2 fully saturated rings. The van der Waals surface area contributed by atoms with Crippen LogP contribution in [0.3, 0.4) is 0 Å². The molecule has 0 radical (unpaired) electrons. The molecule has 0 aromatic heterocycles. The van der Waals surface area contributed by atoms with Gasteiger partial charge in [0.05, 0.1) is 6.54 Å². The van der Waals surface area contributed by atoms with Crippen molar-refractivity contribution in [1.29, 1.82) is 0 Å². The molecule has 4 heteroatoms. The highest BCUT2D eigenvalue weighted by Gasteiger charge is 2.26. The monoisotopic (exact) mass is 315 g/mol. The molecule has 1 aromatic carbocycles. The Morgan fingerprint density at radius 3 is 2.39 bits per heavy atom. The molecular weight excluding hydrogens is 286 g/mol. The van der Waals surface area contributed by atoms with Gasteiger partial charge in [-0.05, 0) is 25.3 Å². The Kier molecular flexibility index (Phi) is 5.68. The summed E-state index contributed by atoms with van der Waals surface area (Å²) in [5.41, 5.74) is 2.41. The van der Waals surface area contributed by atoms with Gasteiger partial charge >= 0.3 is 0 Å². The molecule has 1 N–H and O–H groups in total. The van der Waals surface area contributed by atoms with E-state index in [4.69, 9.17) is 0 Å². The van der Waals surface area contributed by atoms with Crippen LogP contribution in [0.15, 0.2) is 24.3 Å². The van der Waals surface area contributed by atoms with Crippen molar-refractivity contribution in [2.45, 2.75) is 45.2 Å². The van der Waals surface area contributed by atoms with Crippen molar-refractivity contribution in [3.8, 4) is 0 Å². The predicted octanol–water partition coefficient (Wildman–Crippen LogP) is 2.17. The van der Waals surface area contributed by atoms with Crippen LogP contribution in [-0.2, 0) is 11.3 Å². The Balaban J connectivity index is 1.36. The molecule has 1 heterocycles. The highest BCUT2D eigenvalue weighted by molar-refractivity contribution is 5.78. The van der Waals surface area contributed by atoms with Gasteiger partial charge in [0.2, 0.25) is 5.91 Å². The summed E-state index contributed by atoms with van der Waals surface area (Å²) >= 11 is 0. The minimum Gasteiger partial charge on any atom is -0.351 e. The van der Waals surface area contributed by atoms with Crippen LogP contribution in [0.5, 0.6) is 0 Å². The van der Waals surface area contributed by atoms with E-state index in [0.717, 1.165) is 37.8 Å². The number of amides is 1. The second-order valence-electron chi connectivity index (χ2n) is 7.01. The summed E-state index contributed by atoms with van der Waals surface area (Å²) in [6, 6.07) is 9.15. The maximum absolute atomic E-state index is 12.1. The fourth-order valence-corrected chi connectivity index (χ4v) is 3.72. The fourth-order valence-electron chi connectivity index (χ4n) is 3.72. The third kappa shape index (κ3) is 4.79. The summed E-state index contributed by atoms with van der Waals surface area (Å²) in [6.45, 7) is 7.52. The Morgan fingerprint density at radius 2 is 1.74 bits per heavy atom.